The number of methoxy groups -OCH3 is 1. The van der Waals surface area contributed by atoms with E-state index in [1.165, 1.54) is 0 Å². The number of carbonyl (C=O) groups is 2. The molecule has 0 saturated heterocycles. The summed E-state index contributed by atoms with van der Waals surface area (Å²) in [7, 11) is 3.26. The Morgan fingerprint density at radius 2 is 2.04 bits per heavy atom. The van der Waals surface area contributed by atoms with Crippen molar-refractivity contribution in [2.75, 3.05) is 32.6 Å². The molecule has 1 aromatic heterocycles. The second-order valence-electron chi connectivity index (χ2n) is 5.43. The van der Waals surface area contributed by atoms with E-state index in [4.69, 9.17) is 4.74 Å². The molecule has 7 heteroatoms. The minimum atomic E-state index is -0.445. The maximum Gasteiger partial charge on any atom is 0.319 e. The van der Waals surface area contributed by atoms with Crippen molar-refractivity contribution in [2.24, 2.45) is 0 Å². The van der Waals surface area contributed by atoms with E-state index < -0.39 is 6.03 Å². The van der Waals surface area contributed by atoms with Crippen molar-refractivity contribution in [1.29, 1.82) is 0 Å². The van der Waals surface area contributed by atoms with E-state index in [-0.39, 0.29) is 12.5 Å². The molecule has 0 aliphatic carbocycles. The van der Waals surface area contributed by atoms with Gasteiger partial charge in [-0.3, -0.25) is 9.78 Å². The zero-order valence-electron chi connectivity index (χ0n) is 14.4. The molecule has 0 radical (unpaired) electrons. The normalized spacial score (nSPS) is 10.0. The molecule has 7 nitrogen and oxygen atoms in total. The number of urea groups is 1. The molecule has 2 aromatic rings. The fraction of sp³-hybridized carbons (Fsp3) is 0.278. The van der Waals surface area contributed by atoms with Crippen molar-refractivity contribution < 1.29 is 14.3 Å². The molecule has 0 bridgehead atoms. The molecule has 0 saturated carbocycles. The minimum absolute atomic E-state index is 0.0749. The Labute approximate surface area is 147 Å². The van der Waals surface area contributed by atoms with Crippen LogP contribution in [-0.2, 0) is 11.2 Å². The highest BCUT2D eigenvalue weighted by Crippen LogP contribution is 2.16. The van der Waals surface area contributed by atoms with Gasteiger partial charge in [-0.25, -0.2) is 4.79 Å². The van der Waals surface area contributed by atoms with E-state index >= 15 is 0 Å². The largest absolute Gasteiger partial charge is 0.497 e. The first-order valence-corrected chi connectivity index (χ1v) is 7.91. The van der Waals surface area contributed by atoms with Crippen LogP contribution >= 0.6 is 0 Å². The number of likely N-dealkylation sites (N-methyl/N-ethyl adjacent to an activating group) is 1. The predicted octanol–water partition coefficient (Wildman–Crippen LogP) is 1.91. The van der Waals surface area contributed by atoms with Gasteiger partial charge in [0.05, 0.1) is 13.7 Å². The number of carbonyl (C=O) groups excluding carboxylic acids is 2. The third kappa shape index (κ3) is 6.14. The van der Waals surface area contributed by atoms with Gasteiger partial charge in [-0.1, -0.05) is 12.1 Å². The highest BCUT2D eigenvalue weighted by atomic mass is 16.5. The molecule has 0 atom stereocenters. The number of pyridine rings is 1. The number of nitrogens with zero attached hydrogens (tertiary/aromatic N) is 2. The number of aromatic nitrogens is 1. The monoisotopic (exact) mass is 342 g/mol. The zero-order chi connectivity index (χ0) is 18.1. The highest BCUT2D eigenvalue weighted by molar-refractivity contribution is 5.92. The summed E-state index contributed by atoms with van der Waals surface area (Å²) in [6, 6.07) is 12.2. The molecule has 2 rings (SSSR count). The molecule has 0 unspecified atom stereocenters. The molecule has 132 valence electrons. The van der Waals surface area contributed by atoms with Crippen molar-refractivity contribution >= 4 is 17.6 Å². The number of anilines is 1. The standard InChI is InChI=1S/C18H22N4O3/c1-22(11-9-14-6-3-4-10-19-14)17(23)13-20-18(24)21-15-7-5-8-16(12-15)25-2/h3-8,10,12H,9,11,13H2,1-2H3,(H2,20,21,24). The van der Waals surface area contributed by atoms with E-state index in [0.29, 0.717) is 24.4 Å². The molecule has 25 heavy (non-hydrogen) atoms. The van der Waals surface area contributed by atoms with Gasteiger partial charge in [-0.15, -0.1) is 0 Å². The van der Waals surface area contributed by atoms with Crippen LogP contribution in [0.15, 0.2) is 48.7 Å². The fourth-order valence-corrected chi connectivity index (χ4v) is 2.12. The van der Waals surface area contributed by atoms with Crippen LogP contribution in [0.4, 0.5) is 10.5 Å². The molecule has 2 N–H and O–H groups in total. The second-order valence-corrected chi connectivity index (χ2v) is 5.43. The molecule has 0 fully saturated rings. The van der Waals surface area contributed by atoms with Gasteiger partial charge in [-0.2, -0.15) is 0 Å². The zero-order valence-corrected chi connectivity index (χ0v) is 14.4. The number of amides is 3. The molecule has 3 amide bonds. The summed E-state index contributed by atoms with van der Waals surface area (Å²) in [5.74, 6) is 0.472. The lowest BCUT2D eigenvalue weighted by molar-refractivity contribution is -0.128. The average Bonchev–Trinajstić information content (AvgIpc) is 2.65. The Hall–Kier alpha value is -3.09. The first-order valence-electron chi connectivity index (χ1n) is 7.91. The quantitative estimate of drug-likeness (QED) is 0.805. The SMILES string of the molecule is COc1cccc(NC(=O)NCC(=O)N(C)CCc2ccccn2)c1. The fourth-order valence-electron chi connectivity index (χ4n) is 2.12. The smallest absolute Gasteiger partial charge is 0.319 e. The lowest BCUT2D eigenvalue weighted by Crippen LogP contribution is -2.40. The van der Waals surface area contributed by atoms with Crippen LogP contribution in [-0.4, -0.2) is 49.1 Å². The third-order valence-corrected chi connectivity index (χ3v) is 3.58. The Bertz CT molecular complexity index is 706. The van der Waals surface area contributed by atoms with Crippen LogP contribution < -0.4 is 15.4 Å². The molecular formula is C18H22N4O3. The van der Waals surface area contributed by atoms with Crippen LogP contribution in [0, 0.1) is 0 Å². The van der Waals surface area contributed by atoms with Gasteiger partial charge in [0.2, 0.25) is 5.91 Å². The minimum Gasteiger partial charge on any atom is -0.497 e. The van der Waals surface area contributed by atoms with E-state index in [1.54, 1.807) is 49.5 Å². The van der Waals surface area contributed by atoms with Crippen molar-refractivity contribution in [2.45, 2.75) is 6.42 Å². The molecule has 0 aliphatic heterocycles. The van der Waals surface area contributed by atoms with E-state index in [1.807, 2.05) is 18.2 Å². The number of rotatable bonds is 7. The Kier molecular flexibility index (Phi) is 6.76. The van der Waals surface area contributed by atoms with Crippen LogP contribution in [0.5, 0.6) is 5.75 Å². The molecule has 0 aliphatic rings. The number of ether oxygens (including phenoxy) is 1. The van der Waals surface area contributed by atoms with Gasteiger partial charge >= 0.3 is 6.03 Å². The van der Waals surface area contributed by atoms with Gasteiger partial charge < -0.3 is 20.3 Å². The maximum atomic E-state index is 12.1. The number of nitrogens with one attached hydrogen (secondary N) is 2. The van der Waals surface area contributed by atoms with E-state index in [2.05, 4.69) is 15.6 Å². The third-order valence-electron chi connectivity index (χ3n) is 3.58. The van der Waals surface area contributed by atoms with Crippen LogP contribution in [0.2, 0.25) is 0 Å². The van der Waals surface area contributed by atoms with Gasteiger partial charge in [0.1, 0.15) is 5.75 Å². The molecular weight excluding hydrogens is 320 g/mol. The van der Waals surface area contributed by atoms with Crippen LogP contribution in [0.3, 0.4) is 0 Å². The van der Waals surface area contributed by atoms with Gasteiger partial charge in [0.15, 0.2) is 0 Å². The van der Waals surface area contributed by atoms with Crippen molar-refractivity contribution in [3.05, 3.63) is 54.4 Å². The van der Waals surface area contributed by atoms with Gasteiger partial charge in [0.25, 0.3) is 0 Å². The number of hydrogen-bond acceptors (Lipinski definition) is 4. The molecule has 1 heterocycles. The van der Waals surface area contributed by atoms with Crippen molar-refractivity contribution in [3.8, 4) is 5.75 Å². The van der Waals surface area contributed by atoms with Gasteiger partial charge in [0, 0.05) is 43.7 Å². The highest BCUT2D eigenvalue weighted by Gasteiger charge is 2.11. The lowest BCUT2D eigenvalue weighted by atomic mass is 10.2. The Balaban J connectivity index is 1.73. The topological polar surface area (TPSA) is 83.6 Å². The number of benzene rings is 1. The van der Waals surface area contributed by atoms with Crippen molar-refractivity contribution in [1.82, 2.24) is 15.2 Å². The van der Waals surface area contributed by atoms with Gasteiger partial charge in [-0.05, 0) is 24.3 Å². The lowest BCUT2D eigenvalue weighted by Gasteiger charge is -2.17. The summed E-state index contributed by atoms with van der Waals surface area (Å²) in [6.07, 6.45) is 2.39. The van der Waals surface area contributed by atoms with Crippen LogP contribution in [0.25, 0.3) is 0 Å². The first-order chi connectivity index (χ1) is 12.1. The second kappa shape index (κ2) is 9.27. The summed E-state index contributed by atoms with van der Waals surface area (Å²) in [5, 5.41) is 5.21. The molecule has 0 spiro atoms. The number of hydrogen-bond donors (Lipinski definition) is 2. The van der Waals surface area contributed by atoms with Crippen molar-refractivity contribution in [3.63, 3.8) is 0 Å². The summed E-state index contributed by atoms with van der Waals surface area (Å²) >= 11 is 0. The first kappa shape index (κ1) is 18.3. The summed E-state index contributed by atoms with van der Waals surface area (Å²) in [4.78, 5) is 29.7. The van der Waals surface area contributed by atoms with E-state index in [0.717, 1.165) is 5.69 Å². The summed E-state index contributed by atoms with van der Waals surface area (Å²) in [6.45, 7) is 0.462. The Morgan fingerprint density at radius 1 is 1.20 bits per heavy atom. The summed E-state index contributed by atoms with van der Waals surface area (Å²) < 4.78 is 5.09. The van der Waals surface area contributed by atoms with E-state index in [9.17, 15) is 9.59 Å². The summed E-state index contributed by atoms with van der Waals surface area (Å²) in [5.41, 5.74) is 1.51. The van der Waals surface area contributed by atoms with Crippen LogP contribution in [0.1, 0.15) is 5.69 Å². The molecule has 1 aromatic carbocycles. The Morgan fingerprint density at radius 3 is 2.76 bits per heavy atom. The average molecular weight is 342 g/mol. The predicted molar refractivity (Wildman–Crippen MR) is 95.6 cm³/mol. The maximum absolute atomic E-state index is 12.1.